The second-order valence-corrected chi connectivity index (χ2v) is 11.2. The number of hydrogen-bond donors (Lipinski definition) is 2. The first-order chi connectivity index (χ1) is 9.22. The van der Waals surface area contributed by atoms with Crippen molar-refractivity contribution >= 4 is 15.2 Å². The second-order valence-electron chi connectivity index (χ2n) is 6.94. The van der Waals surface area contributed by atoms with Crippen LogP contribution in [0, 0.1) is 11.8 Å². The highest BCUT2D eigenvalue weighted by molar-refractivity contribution is 7.59. The summed E-state index contributed by atoms with van der Waals surface area (Å²) in [5, 5.41) is -2.68. The van der Waals surface area contributed by atoms with E-state index in [-0.39, 0.29) is 24.4 Å². The Kier molecular flexibility index (Phi) is 5.29. The highest BCUT2D eigenvalue weighted by Gasteiger charge is 2.70. The molecular weight excluding hydrogens is 314 g/mol. The summed E-state index contributed by atoms with van der Waals surface area (Å²) in [6.45, 7) is 12.4. The van der Waals surface area contributed by atoms with Gasteiger partial charge in [-0.15, -0.1) is 0 Å². The summed E-state index contributed by atoms with van der Waals surface area (Å²) in [4.78, 5) is 19.3. The molecule has 0 saturated carbocycles. The van der Waals surface area contributed by atoms with Gasteiger partial charge in [0.1, 0.15) is 0 Å². The van der Waals surface area contributed by atoms with Crippen LogP contribution in [-0.2, 0) is 18.2 Å². The van der Waals surface area contributed by atoms with Crippen LogP contribution in [0.5, 0.6) is 0 Å². The van der Waals surface area contributed by atoms with Crippen molar-refractivity contribution in [2.24, 2.45) is 11.8 Å². The lowest BCUT2D eigenvalue weighted by molar-refractivity contribution is 0.115. The topological polar surface area (TPSA) is 93.1 Å². The largest absolute Gasteiger partial charge is 0.357 e. The van der Waals surface area contributed by atoms with Crippen molar-refractivity contribution in [3.63, 3.8) is 0 Å². The summed E-state index contributed by atoms with van der Waals surface area (Å²) in [7, 11) is -8.27. The van der Waals surface area contributed by atoms with Crippen molar-refractivity contribution in [1.82, 2.24) is 0 Å². The zero-order valence-electron chi connectivity index (χ0n) is 13.9. The third-order valence-corrected chi connectivity index (χ3v) is 9.58. The van der Waals surface area contributed by atoms with E-state index in [1.165, 1.54) is 6.92 Å². The van der Waals surface area contributed by atoms with Gasteiger partial charge in [0.25, 0.3) is 0 Å². The van der Waals surface area contributed by atoms with E-state index in [9.17, 15) is 18.9 Å². The summed E-state index contributed by atoms with van der Waals surface area (Å²) >= 11 is 0. The van der Waals surface area contributed by atoms with E-state index in [1.807, 2.05) is 27.7 Å². The molecule has 1 heterocycles. The van der Waals surface area contributed by atoms with Gasteiger partial charge in [0.15, 0.2) is 5.34 Å². The maximum Gasteiger partial charge on any atom is 0.357 e. The molecule has 0 aliphatic carbocycles. The van der Waals surface area contributed by atoms with Gasteiger partial charge >= 0.3 is 15.2 Å². The smallest absolute Gasteiger partial charge is 0.322 e. The Hall–Kier alpha value is 0.300. The standard InChI is InChI=1S/C13H28O6P2/c1-9(2)13(10(3)4)8-12(7,20(14,15)16)19-21(13,17)18-11(5)6/h9-11H,8H2,1-7H3,(H2,14,15,16). The van der Waals surface area contributed by atoms with E-state index in [2.05, 4.69) is 0 Å². The van der Waals surface area contributed by atoms with Gasteiger partial charge < -0.3 is 14.3 Å². The quantitative estimate of drug-likeness (QED) is 0.734. The average Bonchev–Trinajstić information content (AvgIpc) is 2.45. The van der Waals surface area contributed by atoms with Crippen LogP contribution in [-0.4, -0.2) is 26.4 Å². The van der Waals surface area contributed by atoms with Crippen LogP contribution in [0.15, 0.2) is 0 Å². The van der Waals surface area contributed by atoms with Crippen molar-refractivity contribution in [3.05, 3.63) is 0 Å². The lowest BCUT2D eigenvalue weighted by Crippen LogP contribution is -2.40. The van der Waals surface area contributed by atoms with Crippen molar-refractivity contribution < 1.29 is 28.0 Å². The van der Waals surface area contributed by atoms with Crippen LogP contribution in [0.4, 0.5) is 0 Å². The zero-order chi connectivity index (χ0) is 16.9. The summed E-state index contributed by atoms with van der Waals surface area (Å²) in [5.74, 6) is -0.203. The molecule has 21 heavy (non-hydrogen) atoms. The molecule has 0 spiro atoms. The van der Waals surface area contributed by atoms with Gasteiger partial charge in [-0.2, -0.15) is 0 Å². The van der Waals surface area contributed by atoms with Crippen molar-refractivity contribution in [3.8, 4) is 0 Å². The molecule has 0 aromatic carbocycles. The minimum Gasteiger partial charge on any atom is -0.322 e. The molecule has 126 valence electrons. The Morgan fingerprint density at radius 2 is 1.57 bits per heavy atom. The number of hydrogen-bond acceptors (Lipinski definition) is 4. The first kappa shape index (κ1) is 19.3. The van der Waals surface area contributed by atoms with Gasteiger partial charge in [-0.1, -0.05) is 27.7 Å². The van der Waals surface area contributed by atoms with Crippen LogP contribution in [0.25, 0.3) is 0 Å². The normalized spacial score (nSPS) is 33.3. The summed E-state index contributed by atoms with van der Waals surface area (Å²) in [6.07, 6.45) is -0.337. The number of rotatable bonds is 5. The first-order valence-corrected chi connectivity index (χ1v) is 10.4. The third kappa shape index (κ3) is 3.04. The molecule has 6 nitrogen and oxygen atoms in total. The molecule has 0 amide bonds. The van der Waals surface area contributed by atoms with E-state index < -0.39 is 25.7 Å². The van der Waals surface area contributed by atoms with E-state index in [4.69, 9.17) is 9.05 Å². The Balaban J connectivity index is 3.51. The monoisotopic (exact) mass is 342 g/mol. The van der Waals surface area contributed by atoms with Gasteiger partial charge in [-0.05, 0) is 32.6 Å². The van der Waals surface area contributed by atoms with Crippen LogP contribution < -0.4 is 0 Å². The van der Waals surface area contributed by atoms with Crippen LogP contribution in [0.2, 0.25) is 0 Å². The lowest BCUT2D eigenvalue weighted by Gasteiger charge is -2.40. The van der Waals surface area contributed by atoms with Gasteiger partial charge in [0.2, 0.25) is 0 Å². The molecule has 1 aliphatic heterocycles. The minimum atomic E-state index is -4.58. The minimum absolute atomic E-state index is 0.0175. The molecule has 2 atom stereocenters. The van der Waals surface area contributed by atoms with E-state index in [1.54, 1.807) is 13.8 Å². The molecule has 0 aromatic heterocycles. The van der Waals surface area contributed by atoms with Crippen LogP contribution in [0.1, 0.15) is 54.9 Å². The van der Waals surface area contributed by atoms with Crippen molar-refractivity contribution in [1.29, 1.82) is 0 Å². The van der Waals surface area contributed by atoms with E-state index >= 15 is 0 Å². The second kappa shape index (κ2) is 5.74. The SMILES string of the molecule is CC(C)OP1(=O)OC(C)(P(=O)(O)O)CC1(C(C)C)C(C)C. The summed E-state index contributed by atoms with van der Waals surface area (Å²) in [6, 6.07) is 0. The van der Waals surface area contributed by atoms with Crippen LogP contribution >= 0.6 is 15.2 Å². The zero-order valence-corrected chi connectivity index (χ0v) is 15.6. The molecular formula is C13H28O6P2. The van der Waals surface area contributed by atoms with Crippen molar-refractivity contribution in [2.45, 2.75) is 71.5 Å². The lowest BCUT2D eigenvalue weighted by atomic mass is 9.80. The molecule has 2 unspecified atom stereocenters. The molecule has 1 fully saturated rings. The van der Waals surface area contributed by atoms with E-state index in [0.29, 0.717) is 0 Å². The Labute approximate surface area is 127 Å². The maximum absolute atomic E-state index is 13.4. The van der Waals surface area contributed by atoms with Gasteiger partial charge in [0, 0.05) is 6.42 Å². The van der Waals surface area contributed by atoms with E-state index in [0.717, 1.165) is 0 Å². The third-order valence-electron chi connectivity index (χ3n) is 4.40. The predicted molar refractivity (Wildman–Crippen MR) is 82.4 cm³/mol. The fraction of sp³-hybridized carbons (Fsp3) is 1.00. The Morgan fingerprint density at radius 1 is 1.14 bits per heavy atom. The summed E-state index contributed by atoms with van der Waals surface area (Å²) in [5.41, 5.74) is 0. The molecule has 1 saturated heterocycles. The molecule has 1 aliphatic rings. The predicted octanol–water partition coefficient (Wildman–Crippen LogP) is 3.97. The molecule has 0 aromatic rings. The van der Waals surface area contributed by atoms with Gasteiger partial charge in [-0.3, -0.25) is 13.7 Å². The first-order valence-electron chi connectivity index (χ1n) is 7.27. The molecule has 0 radical (unpaired) electrons. The molecule has 1 rings (SSSR count). The molecule has 8 heteroatoms. The van der Waals surface area contributed by atoms with Gasteiger partial charge in [-0.25, -0.2) is 0 Å². The highest BCUT2D eigenvalue weighted by atomic mass is 31.2. The van der Waals surface area contributed by atoms with Crippen molar-refractivity contribution in [2.75, 3.05) is 0 Å². The molecule has 2 N–H and O–H groups in total. The fourth-order valence-corrected chi connectivity index (χ4v) is 7.91. The highest BCUT2D eigenvalue weighted by Crippen LogP contribution is 2.80. The Bertz CT molecular complexity index is 473. The van der Waals surface area contributed by atoms with Crippen LogP contribution in [0.3, 0.4) is 0 Å². The fourth-order valence-electron chi connectivity index (χ4n) is 3.26. The maximum atomic E-state index is 13.4. The Morgan fingerprint density at radius 3 is 1.86 bits per heavy atom. The average molecular weight is 342 g/mol. The molecule has 0 bridgehead atoms. The summed E-state index contributed by atoms with van der Waals surface area (Å²) < 4.78 is 36.4. The van der Waals surface area contributed by atoms with Gasteiger partial charge in [0.05, 0.1) is 11.3 Å².